The van der Waals surface area contributed by atoms with Crippen LogP contribution in [-0.2, 0) is 9.59 Å². The topological polar surface area (TPSA) is 90.0 Å². The van der Waals surface area contributed by atoms with E-state index in [1.54, 1.807) is 6.07 Å². The van der Waals surface area contributed by atoms with Crippen LogP contribution in [0.5, 0.6) is 0 Å². The van der Waals surface area contributed by atoms with Crippen LogP contribution in [0.25, 0.3) is 0 Å². The molecule has 4 aliphatic heterocycles. The molecule has 1 spiro atoms. The molecule has 8 heteroatoms. The maximum atomic E-state index is 13.2. The van der Waals surface area contributed by atoms with Gasteiger partial charge in [-0.3, -0.25) is 29.4 Å². The number of benzene rings is 1. The zero-order valence-electron chi connectivity index (χ0n) is 20.0. The van der Waals surface area contributed by atoms with Crippen molar-refractivity contribution in [2.75, 3.05) is 37.6 Å². The Balaban J connectivity index is 1.26. The van der Waals surface area contributed by atoms with Crippen LogP contribution in [0.1, 0.15) is 79.0 Å². The number of rotatable bonds is 6. The highest BCUT2D eigenvalue weighted by molar-refractivity contribution is 6.23. The summed E-state index contributed by atoms with van der Waals surface area (Å²) in [5.74, 6) is -1.83. The van der Waals surface area contributed by atoms with Crippen molar-refractivity contribution in [1.29, 1.82) is 0 Å². The lowest BCUT2D eigenvalue weighted by Crippen LogP contribution is -2.54. The first-order valence-corrected chi connectivity index (χ1v) is 12.7. The molecule has 3 fully saturated rings. The number of hydrogen-bond acceptors (Lipinski definition) is 6. The highest BCUT2D eigenvalue weighted by Crippen LogP contribution is 2.42. The molecule has 4 amide bonds. The molecule has 0 saturated carbocycles. The van der Waals surface area contributed by atoms with Crippen molar-refractivity contribution in [3.63, 3.8) is 0 Å². The van der Waals surface area contributed by atoms with Crippen LogP contribution in [0.3, 0.4) is 0 Å². The highest BCUT2D eigenvalue weighted by Gasteiger charge is 2.45. The van der Waals surface area contributed by atoms with Gasteiger partial charge in [0.25, 0.3) is 11.8 Å². The smallest absolute Gasteiger partial charge is 0.262 e. The summed E-state index contributed by atoms with van der Waals surface area (Å²) in [6.07, 6.45) is 7.72. The fourth-order valence-electron chi connectivity index (χ4n) is 6.06. The second kappa shape index (κ2) is 9.13. The molecule has 4 heterocycles. The minimum atomic E-state index is -0.925. The number of nitrogens with zero attached hydrogens (tertiary/aromatic N) is 3. The number of amides is 4. The molecule has 1 aromatic rings. The number of anilines is 1. The predicted molar refractivity (Wildman–Crippen MR) is 128 cm³/mol. The first-order chi connectivity index (χ1) is 16.4. The molecule has 1 aromatic carbocycles. The van der Waals surface area contributed by atoms with E-state index in [-0.39, 0.29) is 18.7 Å². The lowest BCUT2D eigenvalue weighted by molar-refractivity contribution is -0.136. The molecule has 8 nitrogen and oxygen atoms in total. The van der Waals surface area contributed by atoms with E-state index >= 15 is 0 Å². The van der Waals surface area contributed by atoms with Gasteiger partial charge >= 0.3 is 0 Å². The van der Waals surface area contributed by atoms with Crippen molar-refractivity contribution in [3.05, 3.63) is 29.3 Å². The Labute approximate surface area is 200 Å². The second-order valence-electron chi connectivity index (χ2n) is 10.4. The largest absolute Gasteiger partial charge is 0.371 e. The number of piperidine rings is 2. The Morgan fingerprint density at radius 2 is 1.71 bits per heavy atom. The number of carbonyl (C=O) groups excluding carboxylic acids is 4. The van der Waals surface area contributed by atoms with E-state index in [1.807, 2.05) is 12.1 Å². The lowest BCUT2D eigenvalue weighted by Gasteiger charge is -2.39. The van der Waals surface area contributed by atoms with Gasteiger partial charge in [0.2, 0.25) is 11.8 Å². The first-order valence-electron chi connectivity index (χ1n) is 12.7. The van der Waals surface area contributed by atoms with E-state index in [0.717, 1.165) is 43.2 Å². The summed E-state index contributed by atoms with van der Waals surface area (Å²) in [6.45, 7) is 7.71. The molecule has 182 valence electrons. The minimum Gasteiger partial charge on any atom is -0.371 e. The average molecular weight is 467 g/mol. The van der Waals surface area contributed by atoms with Gasteiger partial charge in [0.1, 0.15) is 6.04 Å². The number of unbranched alkanes of at least 4 members (excludes halogenated alkanes) is 2. The van der Waals surface area contributed by atoms with Gasteiger partial charge < -0.3 is 9.80 Å². The number of carbonyl (C=O) groups is 4. The molecule has 3 saturated heterocycles. The Morgan fingerprint density at radius 3 is 2.44 bits per heavy atom. The van der Waals surface area contributed by atoms with Gasteiger partial charge in [0, 0.05) is 25.2 Å². The molecule has 1 N–H and O–H groups in total. The van der Waals surface area contributed by atoms with Gasteiger partial charge in [-0.1, -0.05) is 19.8 Å². The average Bonchev–Trinajstić information content (AvgIpc) is 3.35. The molecule has 5 rings (SSSR count). The third-order valence-electron chi connectivity index (χ3n) is 8.22. The van der Waals surface area contributed by atoms with Crippen molar-refractivity contribution >= 4 is 29.3 Å². The Morgan fingerprint density at radius 1 is 0.971 bits per heavy atom. The fourth-order valence-corrected chi connectivity index (χ4v) is 6.06. The molecule has 34 heavy (non-hydrogen) atoms. The Hall–Kier alpha value is -2.74. The number of fused-ring (bicyclic) bond motifs is 1. The molecular weight excluding hydrogens is 432 g/mol. The van der Waals surface area contributed by atoms with E-state index in [4.69, 9.17) is 0 Å². The van der Waals surface area contributed by atoms with E-state index in [9.17, 15) is 19.2 Å². The van der Waals surface area contributed by atoms with Crippen molar-refractivity contribution < 1.29 is 19.2 Å². The minimum absolute atomic E-state index is 0.126. The summed E-state index contributed by atoms with van der Waals surface area (Å²) in [7, 11) is 0. The van der Waals surface area contributed by atoms with Gasteiger partial charge in [-0.05, 0) is 75.4 Å². The number of likely N-dealkylation sites (tertiary alicyclic amines) is 1. The summed E-state index contributed by atoms with van der Waals surface area (Å²) in [4.78, 5) is 55.9. The van der Waals surface area contributed by atoms with E-state index in [1.165, 1.54) is 38.6 Å². The second-order valence-corrected chi connectivity index (χ2v) is 10.4. The Kier molecular flexibility index (Phi) is 6.18. The van der Waals surface area contributed by atoms with Gasteiger partial charge in [-0.25, -0.2) is 0 Å². The van der Waals surface area contributed by atoms with Crippen molar-refractivity contribution in [3.8, 4) is 0 Å². The van der Waals surface area contributed by atoms with Crippen LogP contribution in [0, 0.1) is 5.41 Å². The quantitative estimate of drug-likeness (QED) is 0.512. The first kappa shape index (κ1) is 23.0. The summed E-state index contributed by atoms with van der Waals surface area (Å²) in [5.41, 5.74) is 2.00. The molecule has 0 bridgehead atoms. The normalized spacial score (nSPS) is 24.8. The summed E-state index contributed by atoms with van der Waals surface area (Å²) in [5, 5.41) is 2.24. The summed E-state index contributed by atoms with van der Waals surface area (Å²) < 4.78 is 0. The molecule has 4 aliphatic rings. The summed E-state index contributed by atoms with van der Waals surface area (Å²) >= 11 is 0. The van der Waals surface area contributed by atoms with E-state index in [0.29, 0.717) is 16.5 Å². The van der Waals surface area contributed by atoms with Crippen LogP contribution >= 0.6 is 0 Å². The number of imide groups is 2. The van der Waals surface area contributed by atoms with Gasteiger partial charge in [0.05, 0.1) is 11.1 Å². The van der Waals surface area contributed by atoms with Crippen molar-refractivity contribution in [2.24, 2.45) is 5.41 Å². The third kappa shape index (κ3) is 4.13. The Bertz CT molecular complexity index is 1010. The zero-order valence-corrected chi connectivity index (χ0v) is 20.0. The molecule has 1 atom stereocenters. The molecule has 0 aliphatic carbocycles. The maximum Gasteiger partial charge on any atom is 0.262 e. The summed E-state index contributed by atoms with van der Waals surface area (Å²) in [6, 6.07) is 4.54. The molecule has 0 aromatic heterocycles. The highest BCUT2D eigenvalue weighted by atomic mass is 16.2. The van der Waals surface area contributed by atoms with Gasteiger partial charge in [-0.15, -0.1) is 0 Å². The van der Waals surface area contributed by atoms with Crippen LogP contribution < -0.4 is 10.2 Å². The monoisotopic (exact) mass is 466 g/mol. The predicted octanol–water partition coefficient (Wildman–Crippen LogP) is 2.57. The van der Waals surface area contributed by atoms with E-state index < -0.39 is 23.8 Å². The van der Waals surface area contributed by atoms with Crippen molar-refractivity contribution in [1.82, 2.24) is 15.1 Å². The number of hydrogen-bond donors (Lipinski definition) is 1. The third-order valence-corrected chi connectivity index (χ3v) is 8.22. The molecule has 1 unspecified atom stereocenters. The molecular formula is C26H34N4O4. The van der Waals surface area contributed by atoms with Crippen LogP contribution in [0.15, 0.2) is 18.2 Å². The van der Waals surface area contributed by atoms with Crippen LogP contribution in [0.4, 0.5) is 5.69 Å². The number of nitrogens with one attached hydrogen (secondary N) is 1. The maximum absolute atomic E-state index is 13.2. The van der Waals surface area contributed by atoms with E-state index in [2.05, 4.69) is 22.0 Å². The lowest BCUT2D eigenvalue weighted by atomic mass is 9.77. The fraction of sp³-hybridized carbons (Fsp3) is 0.615. The van der Waals surface area contributed by atoms with Crippen molar-refractivity contribution in [2.45, 2.75) is 64.3 Å². The van der Waals surface area contributed by atoms with Crippen LogP contribution in [-0.4, -0.2) is 72.2 Å². The van der Waals surface area contributed by atoms with Gasteiger partial charge in [0.15, 0.2) is 0 Å². The molecule has 0 radical (unpaired) electrons. The standard InChI is InChI=1S/C26H34N4O4/c1-2-3-4-12-28-13-9-26(10-14-28)11-15-29(17-26)18-5-6-19-20(16-18)25(34)30(24(19)33)21-7-8-22(31)27-23(21)32/h5-6,16,21H,2-4,7-15,17H2,1H3,(H,27,31,32). The van der Waals surface area contributed by atoms with Gasteiger partial charge in [-0.2, -0.15) is 0 Å². The van der Waals surface area contributed by atoms with Crippen LogP contribution in [0.2, 0.25) is 0 Å². The SMILES string of the molecule is CCCCCN1CCC2(CC1)CCN(c1ccc3c(c1)C(=O)N(C1CCC(=O)NC1=O)C3=O)C2. The zero-order chi connectivity index (χ0) is 23.9.